The van der Waals surface area contributed by atoms with Gasteiger partial charge in [0.15, 0.2) is 0 Å². The van der Waals surface area contributed by atoms with E-state index in [1.807, 2.05) is 48.3 Å². The Labute approximate surface area is 170 Å². The van der Waals surface area contributed by atoms with E-state index in [1.165, 1.54) is 5.56 Å². The van der Waals surface area contributed by atoms with Crippen LogP contribution >= 0.6 is 0 Å². The Bertz CT molecular complexity index is 1140. The summed E-state index contributed by atoms with van der Waals surface area (Å²) in [4.78, 5) is 17.2. The number of H-pyrrole nitrogens is 1. The minimum Gasteiger partial charge on any atom is -0.359 e. The van der Waals surface area contributed by atoms with Crippen molar-refractivity contribution in [2.45, 2.75) is 13.3 Å². The van der Waals surface area contributed by atoms with Crippen LogP contribution in [0.4, 0.5) is 5.69 Å². The number of hydrogen-bond donors (Lipinski definition) is 2. The minimum atomic E-state index is -0.0374. The highest BCUT2D eigenvalue weighted by atomic mass is 16.2. The predicted octanol–water partition coefficient (Wildman–Crippen LogP) is 4.08. The van der Waals surface area contributed by atoms with Gasteiger partial charge in [0.2, 0.25) is 5.91 Å². The van der Waals surface area contributed by atoms with Gasteiger partial charge in [-0.2, -0.15) is 5.10 Å². The molecule has 0 saturated carbocycles. The molecule has 0 atom stereocenters. The summed E-state index contributed by atoms with van der Waals surface area (Å²) in [7, 11) is 3.75. The Balaban J connectivity index is 1.62. The third kappa shape index (κ3) is 4.07. The fourth-order valence-corrected chi connectivity index (χ4v) is 3.38. The zero-order chi connectivity index (χ0) is 20.4. The lowest BCUT2D eigenvalue weighted by atomic mass is 10.1. The van der Waals surface area contributed by atoms with Gasteiger partial charge in [-0.15, -0.1) is 0 Å². The van der Waals surface area contributed by atoms with E-state index in [1.54, 1.807) is 0 Å². The van der Waals surface area contributed by atoms with Crippen LogP contribution in [0.1, 0.15) is 12.5 Å². The summed E-state index contributed by atoms with van der Waals surface area (Å²) in [6.07, 6.45) is 6.75. The van der Waals surface area contributed by atoms with Gasteiger partial charge in [0.05, 0.1) is 24.1 Å². The largest absolute Gasteiger partial charge is 0.359 e. The number of aryl methyl sites for hydroxylation is 1. The fourth-order valence-electron chi connectivity index (χ4n) is 3.38. The molecule has 2 heterocycles. The first-order valence-corrected chi connectivity index (χ1v) is 9.73. The van der Waals surface area contributed by atoms with Crippen LogP contribution in [0, 0.1) is 0 Å². The fraction of sp³-hybridized carbons (Fsp3) is 0.217. The highest BCUT2D eigenvalue weighted by Crippen LogP contribution is 2.29. The lowest BCUT2D eigenvalue weighted by Crippen LogP contribution is -2.26. The number of hydrogen-bond acceptors (Lipinski definition) is 3. The Morgan fingerprint density at radius 2 is 1.93 bits per heavy atom. The second-order valence-corrected chi connectivity index (χ2v) is 7.44. The van der Waals surface area contributed by atoms with Crippen LogP contribution in [0.15, 0.2) is 61.1 Å². The van der Waals surface area contributed by atoms with Gasteiger partial charge < -0.3 is 15.2 Å². The summed E-state index contributed by atoms with van der Waals surface area (Å²) in [6.45, 7) is 2.49. The molecule has 0 unspecified atom stereocenters. The van der Waals surface area contributed by atoms with Gasteiger partial charge in [0.25, 0.3) is 0 Å². The van der Waals surface area contributed by atoms with Crippen molar-refractivity contribution in [3.05, 3.63) is 66.6 Å². The van der Waals surface area contributed by atoms with Gasteiger partial charge in [-0.3, -0.25) is 4.79 Å². The predicted molar refractivity (Wildman–Crippen MR) is 117 cm³/mol. The molecule has 29 heavy (non-hydrogen) atoms. The molecule has 4 aromatic rings. The second-order valence-electron chi connectivity index (χ2n) is 7.44. The molecule has 0 aliphatic carbocycles. The number of amides is 1. The van der Waals surface area contributed by atoms with Crippen molar-refractivity contribution < 1.29 is 4.79 Å². The van der Waals surface area contributed by atoms with Crippen LogP contribution in [-0.2, 0) is 11.2 Å². The Kier molecular flexibility index (Phi) is 5.18. The lowest BCUT2D eigenvalue weighted by Gasteiger charge is -2.09. The van der Waals surface area contributed by atoms with Gasteiger partial charge in [0, 0.05) is 28.9 Å². The summed E-state index contributed by atoms with van der Waals surface area (Å²) >= 11 is 0. The van der Waals surface area contributed by atoms with Gasteiger partial charge in [-0.1, -0.05) is 25.1 Å². The first kappa shape index (κ1) is 19.0. The maximum atomic E-state index is 12.1. The summed E-state index contributed by atoms with van der Waals surface area (Å²) in [6, 6.07) is 14.6. The van der Waals surface area contributed by atoms with Crippen molar-refractivity contribution >= 4 is 22.5 Å². The topological polar surface area (TPSA) is 66.0 Å². The zero-order valence-electron chi connectivity index (χ0n) is 16.9. The van der Waals surface area contributed by atoms with Crippen molar-refractivity contribution in [2.24, 2.45) is 0 Å². The van der Waals surface area contributed by atoms with Crippen molar-refractivity contribution in [2.75, 3.05) is 26.0 Å². The first-order chi connectivity index (χ1) is 14.0. The lowest BCUT2D eigenvalue weighted by molar-refractivity contribution is -0.116. The van der Waals surface area contributed by atoms with E-state index in [-0.39, 0.29) is 5.91 Å². The molecule has 4 rings (SSSR count). The van der Waals surface area contributed by atoms with Gasteiger partial charge in [-0.25, -0.2) is 4.68 Å². The Hall–Kier alpha value is -3.38. The smallest absolute Gasteiger partial charge is 0.238 e. The highest BCUT2D eigenvalue weighted by molar-refractivity contribution is 6.03. The van der Waals surface area contributed by atoms with Crippen LogP contribution in [-0.4, -0.2) is 46.2 Å². The molecule has 0 spiro atoms. The minimum absolute atomic E-state index is 0.0374. The van der Waals surface area contributed by atoms with Crippen LogP contribution in [0.5, 0.6) is 0 Å². The van der Waals surface area contributed by atoms with Gasteiger partial charge in [0.1, 0.15) is 0 Å². The van der Waals surface area contributed by atoms with E-state index in [4.69, 9.17) is 0 Å². The number of carbonyl (C=O) groups is 1. The van der Waals surface area contributed by atoms with E-state index in [9.17, 15) is 4.79 Å². The van der Waals surface area contributed by atoms with E-state index in [2.05, 4.69) is 58.7 Å². The normalized spacial score (nSPS) is 11.3. The van der Waals surface area contributed by atoms with Crippen molar-refractivity contribution in [1.82, 2.24) is 19.7 Å². The number of nitrogens with zero attached hydrogens (tertiary/aromatic N) is 3. The number of aromatic amines is 1. The quantitative estimate of drug-likeness (QED) is 0.524. The molecule has 1 amide bonds. The number of rotatable bonds is 6. The van der Waals surface area contributed by atoms with Gasteiger partial charge in [-0.05, 0) is 55.9 Å². The average molecular weight is 387 g/mol. The summed E-state index contributed by atoms with van der Waals surface area (Å²) in [5.74, 6) is -0.0374. The molecule has 0 radical (unpaired) electrons. The van der Waals surface area contributed by atoms with Crippen molar-refractivity contribution in [3.63, 3.8) is 0 Å². The molecule has 2 aromatic carbocycles. The number of anilines is 1. The maximum Gasteiger partial charge on any atom is 0.238 e. The average Bonchev–Trinajstić information content (AvgIpc) is 3.35. The third-order valence-electron chi connectivity index (χ3n) is 4.94. The summed E-state index contributed by atoms with van der Waals surface area (Å²) in [5.41, 5.74) is 6.19. The molecule has 148 valence electrons. The van der Waals surface area contributed by atoms with E-state index >= 15 is 0 Å². The molecular formula is C23H25N5O. The molecule has 0 aliphatic rings. The van der Waals surface area contributed by atoms with Crippen LogP contribution in [0.2, 0.25) is 0 Å². The number of nitrogens with one attached hydrogen (secondary N) is 2. The number of likely N-dealkylation sites (N-methyl/N-ethyl adjacent to an activating group) is 1. The monoisotopic (exact) mass is 387 g/mol. The Morgan fingerprint density at radius 1 is 1.14 bits per heavy atom. The van der Waals surface area contributed by atoms with Gasteiger partial charge >= 0.3 is 0 Å². The third-order valence-corrected chi connectivity index (χ3v) is 4.94. The molecule has 6 heteroatoms. The summed E-state index contributed by atoms with van der Waals surface area (Å²) in [5, 5.41) is 8.49. The molecule has 0 bridgehead atoms. The van der Waals surface area contributed by atoms with E-state index in [0.717, 1.165) is 39.8 Å². The first-order valence-electron chi connectivity index (χ1n) is 9.73. The van der Waals surface area contributed by atoms with Crippen molar-refractivity contribution in [1.29, 1.82) is 0 Å². The van der Waals surface area contributed by atoms with Crippen LogP contribution < -0.4 is 5.32 Å². The molecule has 0 saturated heterocycles. The zero-order valence-corrected chi connectivity index (χ0v) is 16.9. The van der Waals surface area contributed by atoms with E-state index < -0.39 is 0 Å². The second kappa shape index (κ2) is 7.93. The molecule has 0 aliphatic heterocycles. The number of benzene rings is 2. The number of fused-ring (bicyclic) bond motifs is 1. The molecular weight excluding hydrogens is 362 g/mol. The molecule has 0 fully saturated rings. The molecule has 6 nitrogen and oxygen atoms in total. The van der Waals surface area contributed by atoms with Crippen molar-refractivity contribution in [3.8, 4) is 16.8 Å². The molecule has 2 aromatic heterocycles. The SMILES string of the molecule is CCc1ccc(-n2cc(-c3ccc4[nH]cc(NC(=O)CN(C)C)c4c3)cn2)cc1. The summed E-state index contributed by atoms with van der Waals surface area (Å²) < 4.78 is 1.88. The van der Waals surface area contributed by atoms with Crippen LogP contribution in [0.25, 0.3) is 27.7 Å². The number of carbonyl (C=O) groups excluding carboxylic acids is 1. The Morgan fingerprint density at radius 3 is 2.66 bits per heavy atom. The van der Waals surface area contributed by atoms with Crippen LogP contribution in [0.3, 0.4) is 0 Å². The molecule has 2 N–H and O–H groups in total. The van der Waals surface area contributed by atoms with E-state index in [0.29, 0.717) is 6.54 Å². The number of aromatic nitrogens is 3. The maximum absolute atomic E-state index is 12.1. The highest BCUT2D eigenvalue weighted by Gasteiger charge is 2.11. The standard InChI is InChI=1S/C23H25N5O/c1-4-16-5-8-19(9-6-16)28-14-18(12-25-28)17-7-10-21-20(11-17)22(13-24-21)26-23(29)15-27(2)3/h5-14,24H,4,15H2,1-3H3,(H,26,29).